The number of amides is 2. The van der Waals surface area contributed by atoms with Crippen molar-refractivity contribution in [3.8, 4) is 0 Å². The third-order valence-electron chi connectivity index (χ3n) is 5.16. The fraction of sp³-hybridized carbons (Fsp3) is 0.391. The highest BCUT2D eigenvalue weighted by Crippen LogP contribution is 2.26. The Balaban J connectivity index is 1.72. The van der Waals surface area contributed by atoms with Crippen LogP contribution < -0.4 is 10.6 Å². The molecule has 2 amide bonds. The quantitative estimate of drug-likeness (QED) is 0.601. The number of nitrogens with one attached hydrogen (secondary N) is 2. The van der Waals surface area contributed by atoms with Crippen molar-refractivity contribution in [3.63, 3.8) is 0 Å². The molecule has 3 rings (SSSR count). The van der Waals surface area contributed by atoms with E-state index >= 15 is 0 Å². The third kappa shape index (κ3) is 6.09. The van der Waals surface area contributed by atoms with Crippen LogP contribution in [0.5, 0.6) is 0 Å². The smallest absolute Gasteiger partial charge is 0.257 e. The fourth-order valence-corrected chi connectivity index (χ4v) is 5.26. The number of halogens is 1. The molecule has 0 saturated carbocycles. The number of rotatable bonds is 7. The van der Waals surface area contributed by atoms with Crippen molar-refractivity contribution in [3.05, 3.63) is 53.1 Å². The Morgan fingerprint density at radius 1 is 0.969 bits per heavy atom. The number of piperidine rings is 1. The number of anilines is 2. The van der Waals surface area contributed by atoms with Crippen molar-refractivity contribution in [1.82, 2.24) is 4.31 Å². The molecule has 0 spiro atoms. The first-order valence-corrected chi connectivity index (χ1v) is 12.5. The summed E-state index contributed by atoms with van der Waals surface area (Å²) in [6.07, 6.45) is 3.09. The summed E-state index contributed by atoms with van der Waals surface area (Å²) in [5, 5.41) is 5.70. The minimum absolute atomic E-state index is 0.0529. The van der Waals surface area contributed by atoms with Gasteiger partial charge in [-0.2, -0.15) is 4.31 Å². The molecule has 0 radical (unpaired) electrons. The maximum absolute atomic E-state index is 12.9. The highest BCUT2D eigenvalue weighted by atomic mass is 35.5. The maximum Gasteiger partial charge on any atom is 0.257 e. The van der Waals surface area contributed by atoms with Gasteiger partial charge >= 0.3 is 0 Å². The summed E-state index contributed by atoms with van der Waals surface area (Å²) in [6.45, 7) is 4.89. The second kappa shape index (κ2) is 10.5. The molecule has 9 heteroatoms. The summed E-state index contributed by atoms with van der Waals surface area (Å²) in [7, 11) is -3.68. The topological polar surface area (TPSA) is 95.6 Å². The lowest BCUT2D eigenvalue weighted by Gasteiger charge is -2.26. The molecular weight excluding hydrogens is 450 g/mol. The second-order valence-electron chi connectivity index (χ2n) is 8.28. The van der Waals surface area contributed by atoms with Crippen LogP contribution in [-0.4, -0.2) is 37.6 Å². The van der Waals surface area contributed by atoms with Crippen LogP contribution in [0.3, 0.4) is 0 Å². The van der Waals surface area contributed by atoms with Crippen LogP contribution >= 0.6 is 11.6 Å². The van der Waals surface area contributed by atoms with E-state index in [4.69, 9.17) is 11.6 Å². The number of hydrogen-bond acceptors (Lipinski definition) is 4. The Morgan fingerprint density at radius 3 is 2.16 bits per heavy atom. The van der Waals surface area contributed by atoms with Crippen molar-refractivity contribution in [2.75, 3.05) is 23.7 Å². The minimum Gasteiger partial charge on any atom is -0.326 e. The molecule has 1 aliphatic rings. The highest BCUT2D eigenvalue weighted by Gasteiger charge is 2.27. The molecule has 32 heavy (non-hydrogen) atoms. The maximum atomic E-state index is 12.9. The zero-order valence-corrected chi connectivity index (χ0v) is 19.8. The van der Waals surface area contributed by atoms with Crippen molar-refractivity contribution in [1.29, 1.82) is 0 Å². The second-order valence-corrected chi connectivity index (χ2v) is 10.6. The van der Waals surface area contributed by atoms with Gasteiger partial charge in [-0.3, -0.25) is 9.59 Å². The lowest BCUT2D eigenvalue weighted by Crippen LogP contribution is -2.35. The van der Waals surface area contributed by atoms with Crippen molar-refractivity contribution in [2.45, 2.75) is 44.4 Å². The Hall–Kier alpha value is -2.42. The Kier molecular flexibility index (Phi) is 7.92. The summed E-state index contributed by atoms with van der Waals surface area (Å²) < 4.78 is 27.3. The number of hydrogen-bond donors (Lipinski definition) is 2. The van der Waals surface area contributed by atoms with Gasteiger partial charge in [-0.25, -0.2) is 8.42 Å². The van der Waals surface area contributed by atoms with Crippen LogP contribution in [0.4, 0.5) is 11.4 Å². The highest BCUT2D eigenvalue weighted by molar-refractivity contribution is 7.89. The van der Waals surface area contributed by atoms with Gasteiger partial charge < -0.3 is 10.6 Å². The summed E-state index contributed by atoms with van der Waals surface area (Å²) in [5.74, 6) is -0.328. The monoisotopic (exact) mass is 477 g/mol. The van der Waals surface area contributed by atoms with Crippen LogP contribution in [-0.2, 0) is 14.8 Å². The standard InChI is InChI=1S/C23H28ClN3O4S/c1-16(2)14-22(28)25-17-6-8-18(9-7-17)26-23(29)20-15-19(10-11-21(20)24)32(30,31)27-12-4-3-5-13-27/h6-11,15-16H,3-5,12-14H2,1-2H3,(H,25,28)(H,26,29). The molecule has 2 aromatic rings. The van der Waals surface area contributed by atoms with Crippen molar-refractivity contribution >= 4 is 44.8 Å². The largest absolute Gasteiger partial charge is 0.326 e. The molecule has 172 valence electrons. The summed E-state index contributed by atoms with van der Waals surface area (Å²) in [5.41, 5.74) is 1.21. The van der Waals surface area contributed by atoms with Gasteiger partial charge in [-0.15, -0.1) is 0 Å². The van der Waals surface area contributed by atoms with Gasteiger partial charge in [0.2, 0.25) is 15.9 Å². The predicted molar refractivity (Wildman–Crippen MR) is 127 cm³/mol. The zero-order valence-electron chi connectivity index (χ0n) is 18.2. The first kappa shape index (κ1) is 24.2. The van der Waals surface area contributed by atoms with E-state index < -0.39 is 15.9 Å². The Bertz CT molecular complexity index is 1080. The predicted octanol–water partition coefficient (Wildman–Crippen LogP) is 4.75. The molecular formula is C23H28ClN3O4S. The van der Waals surface area contributed by atoms with E-state index in [1.807, 2.05) is 13.8 Å². The van der Waals surface area contributed by atoms with Gasteiger partial charge in [-0.1, -0.05) is 31.9 Å². The van der Waals surface area contributed by atoms with E-state index in [9.17, 15) is 18.0 Å². The van der Waals surface area contributed by atoms with Crippen LogP contribution in [0.2, 0.25) is 5.02 Å². The van der Waals surface area contributed by atoms with E-state index in [1.165, 1.54) is 22.5 Å². The van der Waals surface area contributed by atoms with E-state index in [0.717, 1.165) is 19.3 Å². The first-order valence-electron chi connectivity index (χ1n) is 10.7. The van der Waals surface area contributed by atoms with Crippen LogP contribution in [0, 0.1) is 5.92 Å². The molecule has 1 saturated heterocycles. The van der Waals surface area contributed by atoms with E-state index in [-0.39, 0.29) is 27.3 Å². The molecule has 0 aliphatic carbocycles. The lowest BCUT2D eigenvalue weighted by atomic mass is 10.1. The fourth-order valence-electron chi connectivity index (χ4n) is 3.51. The Labute approximate surface area is 194 Å². The summed E-state index contributed by atoms with van der Waals surface area (Å²) in [4.78, 5) is 24.7. The number of nitrogens with zero attached hydrogens (tertiary/aromatic N) is 1. The minimum atomic E-state index is -3.68. The van der Waals surface area contributed by atoms with Gasteiger partial charge in [0.05, 0.1) is 15.5 Å². The zero-order chi connectivity index (χ0) is 23.3. The molecule has 0 bridgehead atoms. The molecule has 0 unspecified atom stereocenters. The first-order chi connectivity index (χ1) is 15.2. The van der Waals surface area contributed by atoms with Crippen LogP contribution in [0.25, 0.3) is 0 Å². The molecule has 1 heterocycles. The lowest BCUT2D eigenvalue weighted by molar-refractivity contribution is -0.116. The summed E-state index contributed by atoms with van der Waals surface area (Å²) >= 11 is 6.20. The van der Waals surface area contributed by atoms with Gasteiger partial charge in [0.15, 0.2) is 0 Å². The molecule has 7 nitrogen and oxygen atoms in total. The van der Waals surface area contributed by atoms with E-state index in [2.05, 4.69) is 10.6 Å². The molecule has 2 N–H and O–H groups in total. The van der Waals surface area contributed by atoms with Crippen LogP contribution in [0.1, 0.15) is 49.9 Å². The molecule has 2 aromatic carbocycles. The normalized spacial score (nSPS) is 14.9. The molecule has 1 aliphatic heterocycles. The molecule has 1 fully saturated rings. The number of benzene rings is 2. The van der Waals surface area contributed by atoms with Gasteiger partial charge in [0.25, 0.3) is 5.91 Å². The van der Waals surface area contributed by atoms with E-state index in [0.29, 0.717) is 30.9 Å². The van der Waals surface area contributed by atoms with Crippen molar-refractivity contribution < 1.29 is 18.0 Å². The third-order valence-corrected chi connectivity index (χ3v) is 7.38. The number of carbonyl (C=O) groups excluding carboxylic acids is 2. The SMILES string of the molecule is CC(C)CC(=O)Nc1ccc(NC(=O)c2cc(S(=O)(=O)N3CCCCC3)ccc2Cl)cc1. The summed E-state index contributed by atoms with van der Waals surface area (Å²) in [6, 6.07) is 10.9. The van der Waals surface area contributed by atoms with Gasteiger partial charge in [-0.05, 0) is 61.2 Å². The average Bonchev–Trinajstić information content (AvgIpc) is 2.75. The number of carbonyl (C=O) groups is 2. The van der Waals surface area contributed by atoms with E-state index in [1.54, 1.807) is 24.3 Å². The van der Waals surface area contributed by atoms with Crippen molar-refractivity contribution in [2.24, 2.45) is 5.92 Å². The van der Waals surface area contributed by atoms with Gasteiger partial charge in [0.1, 0.15) is 0 Å². The molecule has 0 atom stereocenters. The Morgan fingerprint density at radius 2 is 1.56 bits per heavy atom. The average molecular weight is 478 g/mol. The van der Waals surface area contributed by atoms with Crippen LogP contribution in [0.15, 0.2) is 47.4 Å². The van der Waals surface area contributed by atoms with Gasteiger partial charge in [0, 0.05) is 30.9 Å². The molecule has 0 aromatic heterocycles. The number of sulfonamides is 1.